The first kappa shape index (κ1) is 21.5. The smallest absolute Gasteiger partial charge is 0.337 e. The van der Waals surface area contributed by atoms with Crippen molar-refractivity contribution in [2.75, 3.05) is 12.4 Å². The van der Waals surface area contributed by atoms with Crippen molar-refractivity contribution in [2.24, 2.45) is 0 Å². The number of esters is 1. The quantitative estimate of drug-likeness (QED) is 0.498. The van der Waals surface area contributed by atoms with Gasteiger partial charge in [0.2, 0.25) is 0 Å². The molecule has 1 aliphatic heterocycles. The second-order valence-electron chi connectivity index (χ2n) is 7.38. The maximum Gasteiger partial charge on any atom is 0.337 e. The lowest BCUT2D eigenvalue weighted by Gasteiger charge is -2.30. The lowest BCUT2D eigenvalue weighted by atomic mass is 9.93. The first-order chi connectivity index (χ1) is 14.3. The highest BCUT2D eigenvalue weighted by Gasteiger charge is 2.30. The lowest BCUT2D eigenvalue weighted by Crippen LogP contribution is -2.45. The molecule has 30 heavy (non-hydrogen) atoms. The molecular weight excluding hydrogens is 398 g/mol. The normalized spacial score (nSPS) is 16.0. The highest BCUT2D eigenvalue weighted by Crippen LogP contribution is 2.30. The van der Waals surface area contributed by atoms with Crippen molar-refractivity contribution in [2.45, 2.75) is 32.7 Å². The van der Waals surface area contributed by atoms with Gasteiger partial charge in [0.05, 0.1) is 24.3 Å². The number of methoxy groups -OCH3 is 1. The highest BCUT2D eigenvalue weighted by atomic mass is 32.1. The third-order valence-electron chi connectivity index (χ3n) is 5.01. The molecule has 7 heteroatoms. The van der Waals surface area contributed by atoms with Gasteiger partial charge in [0.25, 0.3) is 5.91 Å². The summed E-state index contributed by atoms with van der Waals surface area (Å²) in [6.45, 7) is 6.00. The van der Waals surface area contributed by atoms with E-state index in [1.165, 1.54) is 7.11 Å². The molecule has 0 bridgehead atoms. The molecular formula is C23H25N3O3S. The zero-order valence-electron chi connectivity index (χ0n) is 17.4. The summed E-state index contributed by atoms with van der Waals surface area (Å²) in [6.07, 6.45) is 0. The third-order valence-corrected chi connectivity index (χ3v) is 5.23. The maximum atomic E-state index is 13.3. The Morgan fingerprint density at radius 1 is 1.10 bits per heavy atom. The van der Waals surface area contributed by atoms with Crippen LogP contribution in [0.5, 0.6) is 0 Å². The number of thiocarbonyl (C=S) groups is 1. The number of ether oxygens (including phenoxy) is 1. The first-order valence-corrected chi connectivity index (χ1v) is 10.1. The molecule has 3 rings (SSSR count). The number of carbonyl (C=O) groups is 2. The summed E-state index contributed by atoms with van der Waals surface area (Å²) < 4.78 is 4.75. The molecule has 0 saturated heterocycles. The molecule has 3 N–H and O–H groups in total. The largest absolute Gasteiger partial charge is 0.465 e. The molecule has 1 aliphatic rings. The fourth-order valence-corrected chi connectivity index (χ4v) is 3.75. The van der Waals surface area contributed by atoms with E-state index in [1.807, 2.05) is 31.2 Å². The van der Waals surface area contributed by atoms with Crippen molar-refractivity contribution in [1.29, 1.82) is 0 Å². The Bertz CT molecular complexity index is 1010. The van der Waals surface area contributed by atoms with Gasteiger partial charge in [-0.05, 0) is 54.4 Å². The average molecular weight is 424 g/mol. The summed E-state index contributed by atoms with van der Waals surface area (Å²) in [5.74, 6) is -0.358. The third kappa shape index (κ3) is 4.52. The van der Waals surface area contributed by atoms with E-state index in [-0.39, 0.29) is 11.8 Å². The van der Waals surface area contributed by atoms with E-state index in [0.717, 1.165) is 16.8 Å². The molecule has 0 radical (unpaired) electrons. The van der Waals surface area contributed by atoms with Crippen LogP contribution in [0.3, 0.4) is 0 Å². The summed E-state index contributed by atoms with van der Waals surface area (Å²) in [5.41, 5.74) is 4.32. The Morgan fingerprint density at radius 2 is 1.77 bits per heavy atom. The maximum absolute atomic E-state index is 13.3. The van der Waals surface area contributed by atoms with Gasteiger partial charge >= 0.3 is 5.97 Å². The van der Waals surface area contributed by atoms with Crippen molar-refractivity contribution in [1.82, 2.24) is 10.6 Å². The van der Waals surface area contributed by atoms with Crippen molar-refractivity contribution in [3.63, 3.8) is 0 Å². The lowest BCUT2D eigenvalue weighted by molar-refractivity contribution is -0.113. The van der Waals surface area contributed by atoms with Gasteiger partial charge in [0.1, 0.15) is 0 Å². The standard InChI is InChI=1S/C23H25N3O3S/c1-13(2)17-7-5-6-8-18(17)25-21(27)19-14(3)24-23(30)26-20(19)15-9-11-16(12-10-15)22(28)29-4/h5-13,20H,1-4H3,(H,25,27)(H2,24,26,30)/t20-/m0/s1. The SMILES string of the molecule is COC(=O)c1ccc([C@@H]2NC(=S)NC(C)=C2C(=O)Nc2ccccc2C(C)C)cc1. The minimum atomic E-state index is -0.448. The Hall–Kier alpha value is -3.19. The fraction of sp³-hybridized carbons (Fsp3) is 0.261. The van der Waals surface area contributed by atoms with Crippen molar-refractivity contribution >= 4 is 34.9 Å². The summed E-state index contributed by atoms with van der Waals surface area (Å²) in [5, 5.41) is 9.69. The predicted octanol–water partition coefficient (Wildman–Crippen LogP) is 4.03. The molecule has 0 fully saturated rings. The predicted molar refractivity (Wildman–Crippen MR) is 121 cm³/mol. The van der Waals surface area contributed by atoms with Crippen molar-refractivity contribution < 1.29 is 14.3 Å². The van der Waals surface area contributed by atoms with E-state index in [2.05, 4.69) is 29.8 Å². The van der Waals surface area contributed by atoms with E-state index >= 15 is 0 Å². The number of hydrogen-bond donors (Lipinski definition) is 3. The molecule has 1 atom stereocenters. The Labute approximate surface area is 181 Å². The number of hydrogen-bond acceptors (Lipinski definition) is 4. The van der Waals surface area contributed by atoms with Crippen LogP contribution in [0.1, 0.15) is 54.2 Å². The number of anilines is 1. The van der Waals surface area contributed by atoms with Gasteiger partial charge in [-0.1, -0.05) is 44.2 Å². The Morgan fingerprint density at radius 3 is 2.40 bits per heavy atom. The van der Waals surface area contributed by atoms with Crippen LogP contribution in [0, 0.1) is 0 Å². The summed E-state index contributed by atoms with van der Waals surface area (Å²) in [7, 11) is 1.34. The molecule has 0 aromatic heterocycles. The number of allylic oxidation sites excluding steroid dienone is 1. The summed E-state index contributed by atoms with van der Waals surface area (Å²) in [4.78, 5) is 25.0. The highest BCUT2D eigenvalue weighted by molar-refractivity contribution is 7.80. The molecule has 0 saturated carbocycles. The van der Waals surface area contributed by atoms with Crippen molar-refractivity contribution in [3.8, 4) is 0 Å². The van der Waals surface area contributed by atoms with Crippen LogP contribution in [0.15, 0.2) is 59.8 Å². The van der Waals surface area contributed by atoms with Crippen LogP contribution < -0.4 is 16.0 Å². The van der Waals surface area contributed by atoms with Crippen LogP contribution in [0.4, 0.5) is 5.69 Å². The van der Waals surface area contributed by atoms with Gasteiger partial charge in [-0.25, -0.2) is 4.79 Å². The van der Waals surface area contributed by atoms with Gasteiger partial charge in [-0.2, -0.15) is 0 Å². The zero-order chi connectivity index (χ0) is 21.8. The number of benzene rings is 2. The number of amides is 1. The summed E-state index contributed by atoms with van der Waals surface area (Å²) in [6, 6.07) is 14.3. The molecule has 0 spiro atoms. The topological polar surface area (TPSA) is 79.5 Å². The molecule has 0 unspecified atom stereocenters. The van der Waals surface area contributed by atoms with E-state index < -0.39 is 12.0 Å². The minimum Gasteiger partial charge on any atom is -0.465 e. The Balaban J connectivity index is 1.94. The Kier molecular flexibility index (Phi) is 6.52. The molecule has 2 aromatic rings. The van der Waals surface area contributed by atoms with E-state index in [0.29, 0.717) is 21.9 Å². The molecule has 0 aliphatic carbocycles. The van der Waals surface area contributed by atoms with E-state index in [1.54, 1.807) is 24.3 Å². The molecule has 6 nitrogen and oxygen atoms in total. The fourth-order valence-electron chi connectivity index (χ4n) is 3.48. The first-order valence-electron chi connectivity index (χ1n) is 9.68. The monoisotopic (exact) mass is 423 g/mol. The van der Waals surface area contributed by atoms with E-state index in [4.69, 9.17) is 17.0 Å². The number of rotatable bonds is 5. The van der Waals surface area contributed by atoms with Gasteiger partial charge in [0.15, 0.2) is 5.11 Å². The summed E-state index contributed by atoms with van der Waals surface area (Å²) >= 11 is 5.31. The van der Waals surface area contributed by atoms with Gasteiger partial charge in [0, 0.05) is 11.4 Å². The van der Waals surface area contributed by atoms with Crippen LogP contribution >= 0.6 is 12.2 Å². The molecule has 1 amide bonds. The molecule has 156 valence electrons. The van der Waals surface area contributed by atoms with Crippen LogP contribution in [0.2, 0.25) is 0 Å². The molecule has 1 heterocycles. The average Bonchev–Trinajstić information content (AvgIpc) is 2.72. The minimum absolute atomic E-state index is 0.217. The molecule has 2 aromatic carbocycles. The van der Waals surface area contributed by atoms with Gasteiger partial charge < -0.3 is 20.7 Å². The van der Waals surface area contributed by atoms with E-state index in [9.17, 15) is 9.59 Å². The van der Waals surface area contributed by atoms with Crippen molar-refractivity contribution in [3.05, 3.63) is 76.5 Å². The second-order valence-corrected chi connectivity index (χ2v) is 7.79. The van der Waals surface area contributed by atoms with Gasteiger partial charge in [-0.15, -0.1) is 0 Å². The number of carbonyl (C=O) groups excluding carboxylic acids is 2. The number of para-hydroxylation sites is 1. The second kappa shape index (κ2) is 9.09. The number of nitrogens with one attached hydrogen (secondary N) is 3. The zero-order valence-corrected chi connectivity index (χ0v) is 18.2. The van der Waals surface area contributed by atoms with Gasteiger partial charge in [-0.3, -0.25) is 4.79 Å². The van der Waals surface area contributed by atoms with Crippen LogP contribution in [0.25, 0.3) is 0 Å². The van der Waals surface area contributed by atoms with Crippen LogP contribution in [-0.2, 0) is 9.53 Å². The van der Waals surface area contributed by atoms with Crippen LogP contribution in [-0.4, -0.2) is 24.1 Å².